The van der Waals surface area contributed by atoms with Gasteiger partial charge in [-0.25, -0.2) is 9.50 Å². The Morgan fingerprint density at radius 1 is 1.39 bits per heavy atom. The second-order valence-corrected chi connectivity index (χ2v) is 5.56. The van der Waals surface area contributed by atoms with Gasteiger partial charge in [-0.1, -0.05) is 23.7 Å². The van der Waals surface area contributed by atoms with Gasteiger partial charge in [0.15, 0.2) is 5.65 Å². The molecule has 3 rings (SSSR count). The molecule has 2 N–H and O–H groups in total. The van der Waals surface area contributed by atoms with Crippen molar-refractivity contribution in [1.29, 1.82) is 0 Å². The van der Waals surface area contributed by atoms with Gasteiger partial charge in [0, 0.05) is 24.0 Å². The molecule has 1 aromatic carbocycles. The number of aliphatic hydroxyl groups is 1. The number of halogens is 1. The average molecular weight is 331 g/mol. The van der Waals surface area contributed by atoms with Crippen molar-refractivity contribution in [2.24, 2.45) is 0 Å². The van der Waals surface area contributed by atoms with Gasteiger partial charge >= 0.3 is 0 Å². The lowest BCUT2D eigenvalue weighted by Gasteiger charge is -2.12. The molecule has 1 amide bonds. The van der Waals surface area contributed by atoms with E-state index < -0.39 is 6.10 Å². The summed E-state index contributed by atoms with van der Waals surface area (Å²) in [6.45, 7) is 1.84. The van der Waals surface area contributed by atoms with Gasteiger partial charge in [0.25, 0.3) is 5.91 Å². The maximum Gasteiger partial charge on any atom is 0.257 e. The standard InChI is InChI=1S/C16H15ClN4O2/c1-10-14(15-18-7-2-8-21(15)20-10)16(23)19-9-13(22)11-3-5-12(17)6-4-11/h2-8,13,22H,9H2,1H3,(H,19,23). The fourth-order valence-electron chi connectivity index (χ4n) is 2.34. The molecule has 0 spiro atoms. The van der Waals surface area contributed by atoms with Crippen LogP contribution >= 0.6 is 11.6 Å². The van der Waals surface area contributed by atoms with E-state index in [1.165, 1.54) is 0 Å². The highest BCUT2D eigenvalue weighted by atomic mass is 35.5. The second-order valence-electron chi connectivity index (χ2n) is 5.13. The number of nitrogens with zero attached hydrogens (tertiary/aromatic N) is 3. The molecule has 0 bridgehead atoms. The lowest BCUT2D eigenvalue weighted by atomic mass is 10.1. The summed E-state index contributed by atoms with van der Waals surface area (Å²) in [5.41, 5.74) is 2.17. The van der Waals surface area contributed by atoms with E-state index in [9.17, 15) is 9.90 Å². The van der Waals surface area contributed by atoms with Crippen LogP contribution in [0.3, 0.4) is 0 Å². The number of carbonyl (C=O) groups excluding carboxylic acids is 1. The van der Waals surface area contributed by atoms with Crippen LogP contribution < -0.4 is 5.32 Å². The number of rotatable bonds is 4. The minimum atomic E-state index is -0.814. The third kappa shape index (κ3) is 3.18. The molecule has 6 nitrogen and oxygen atoms in total. The number of aliphatic hydroxyl groups excluding tert-OH is 1. The molecule has 1 unspecified atom stereocenters. The molecule has 118 valence electrons. The van der Waals surface area contributed by atoms with Crippen LogP contribution in [0.25, 0.3) is 5.65 Å². The molecule has 0 aliphatic heterocycles. The van der Waals surface area contributed by atoms with E-state index in [0.717, 1.165) is 0 Å². The van der Waals surface area contributed by atoms with Crippen LogP contribution in [0.1, 0.15) is 27.7 Å². The van der Waals surface area contributed by atoms with Gasteiger partial charge in [-0.05, 0) is 30.7 Å². The fraction of sp³-hybridized carbons (Fsp3) is 0.188. The Kier molecular flexibility index (Phi) is 4.27. The van der Waals surface area contributed by atoms with Gasteiger partial charge in [-0.2, -0.15) is 5.10 Å². The highest BCUT2D eigenvalue weighted by Gasteiger charge is 2.19. The Morgan fingerprint density at radius 3 is 2.87 bits per heavy atom. The summed E-state index contributed by atoms with van der Waals surface area (Å²) in [6.07, 6.45) is 2.52. The van der Waals surface area contributed by atoms with Crippen LogP contribution in [0.15, 0.2) is 42.7 Å². The molecular formula is C16H15ClN4O2. The van der Waals surface area contributed by atoms with Crippen molar-refractivity contribution in [2.75, 3.05) is 6.54 Å². The van der Waals surface area contributed by atoms with Crippen LogP contribution in [-0.4, -0.2) is 32.2 Å². The smallest absolute Gasteiger partial charge is 0.257 e. The van der Waals surface area contributed by atoms with Crippen molar-refractivity contribution < 1.29 is 9.90 Å². The molecule has 0 aliphatic carbocycles. The third-order valence-corrected chi connectivity index (χ3v) is 3.76. The van der Waals surface area contributed by atoms with Gasteiger partial charge in [0.1, 0.15) is 5.56 Å². The number of aryl methyl sites for hydroxylation is 1. The summed E-state index contributed by atoms with van der Waals surface area (Å²) in [7, 11) is 0. The van der Waals surface area contributed by atoms with Gasteiger partial charge in [-0.3, -0.25) is 4.79 Å². The number of benzene rings is 1. The molecule has 3 aromatic rings. The molecule has 0 aliphatic rings. The molecule has 1 atom stereocenters. The SMILES string of the molecule is Cc1nn2cccnc2c1C(=O)NCC(O)c1ccc(Cl)cc1. The first-order valence-electron chi connectivity index (χ1n) is 7.08. The molecule has 23 heavy (non-hydrogen) atoms. The lowest BCUT2D eigenvalue weighted by Crippen LogP contribution is -2.28. The van der Waals surface area contributed by atoms with E-state index in [2.05, 4.69) is 15.4 Å². The average Bonchev–Trinajstić information content (AvgIpc) is 2.88. The predicted octanol–water partition coefficient (Wildman–Crippen LogP) is 2.15. The first-order valence-corrected chi connectivity index (χ1v) is 7.45. The summed E-state index contributed by atoms with van der Waals surface area (Å²) >= 11 is 5.82. The lowest BCUT2D eigenvalue weighted by molar-refractivity contribution is 0.0917. The van der Waals surface area contributed by atoms with E-state index >= 15 is 0 Å². The van der Waals surface area contributed by atoms with Crippen LogP contribution in [0, 0.1) is 6.92 Å². The Hall–Kier alpha value is -2.44. The Balaban J connectivity index is 1.74. The zero-order valence-corrected chi connectivity index (χ0v) is 13.2. The first kappa shape index (κ1) is 15.5. The number of hydrogen-bond donors (Lipinski definition) is 2. The number of nitrogens with one attached hydrogen (secondary N) is 1. The topological polar surface area (TPSA) is 79.5 Å². The zero-order chi connectivity index (χ0) is 16.4. The third-order valence-electron chi connectivity index (χ3n) is 3.51. The summed E-state index contributed by atoms with van der Waals surface area (Å²) in [6, 6.07) is 8.58. The van der Waals surface area contributed by atoms with Crippen molar-refractivity contribution in [3.63, 3.8) is 0 Å². The number of fused-ring (bicyclic) bond motifs is 1. The van der Waals surface area contributed by atoms with E-state index in [0.29, 0.717) is 27.5 Å². The van der Waals surface area contributed by atoms with E-state index in [-0.39, 0.29) is 12.5 Å². The van der Waals surface area contributed by atoms with Crippen molar-refractivity contribution in [3.8, 4) is 0 Å². The highest BCUT2D eigenvalue weighted by molar-refractivity contribution is 6.30. The largest absolute Gasteiger partial charge is 0.387 e. The Morgan fingerprint density at radius 2 is 2.13 bits per heavy atom. The number of amides is 1. The van der Waals surface area contributed by atoms with Gasteiger partial charge in [0.2, 0.25) is 0 Å². The van der Waals surface area contributed by atoms with E-state index in [4.69, 9.17) is 11.6 Å². The van der Waals surface area contributed by atoms with Gasteiger partial charge in [0.05, 0.1) is 11.8 Å². The van der Waals surface area contributed by atoms with Crippen LogP contribution in [0.5, 0.6) is 0 Å². The zero-order valence-electron chi connectivity index (χ0n) is 12.4. The molecule has 0 fully saturated rings. The maximum atomic E-state index is 12.4. The summed E-state index contributed by atoms with van der Waals surface area (Å²) < 4.78 is 1.56. The quantitative estimate of drug-likeness (QED) is 0.768. The van der Waals surface area contributed by atoms with E-state index in [1.807, 2.05) is 0 Å². The highest BCUT2D eigenvalue weighted by Crippen LogP contribution is 2.17. The monoisotopic (exact) mass is 330 g/mol. The molecule has 0 radical (unpaired) electrons. The molecule has 2 aromatic heterocycles. The van der Waals surface area contributed by atoms with Gasteiger partial charge in [-0.15, -0.1) is 0 Å². The minimum absolute atomic E-state index is 0.0874. The van der Waals surface area contributed by atoms with Crippen molar-refractivity contribution in [3.05, 3.63) is 64.6 Å². The predicted molar refractivity (Wildman–Crippen MR) is 86.5 cm³/mol. The molecule has 0 saturated carbocycles. The van der Waals surface area contributed by atoms with E-state index in [1.54, 1.807) is 54.2 Å². The maximum absolute atomic E-state index is 12.4. The van der Waals surface area contributed by atoms with Crippen LogP contribution in [0.4, 0.5) is 0 Å². The van der Waals surface area contributed by atoms with Crippen molar-refractivity contribution in [1.82, 2.24) is 19.9 Å². The normalized spacial score (nSPS) is 12.3. The number of aromatic nitrogens is 3. The summed E-state index contributed by atoms with van der Waals surface area (Å²) in [4.78, 5) is 16.6. The van der Waals surface area contributed by atoms with Crippen LogP contribution in [0.2, 0.25) is 5.02 Å². The van der Waals surface area contributed by atoms with Gasteiger partial charge < -0.3 is 10.4 Å². The summed E-state index contributed by atoms with van der Waals surface area (Å²) in [5, 5.41) is 17.7. The van der Waals surface area contributed by atoms with Crippen molar-refractivity contribution in [2.45, 2.75) is 13.0 Å². The molecule has 0 saturated heterocycles. The molecule has 7 heteroatoms. The Bertz CT molecular complexity index is 845. The van der Waals surface area contributed by atoms with Crippen LogP contribution in [-0.2, 0) is 0 Å². The summed E-state index contributed by atoms with van der Waals surface area (Å²) in [5.74, 6) is -0.316. The molecular weight excluding hydrogens is 316 g/mol. The number of hydrogen-bond acceptors (Lipinski definition) is 4. The minimum Gasteiger partial charge on any atom is -0.387 e. The number of carbonyl (C=O) groups is 1. The second kappa shape index (κ2) is 6.36. The first-order chi connectivity index (χ1) is 11.1. The molecule has 2 heterocycles. The fourth-order valence-corrected chi connectivity index (χ4v) is 2.47. The van der Waals surface area contributed by atoms with Crippen molar-refractivity contribution >= 4 is 23.2 Å². The Labute approximate surface area is 137 Å².